The van der Waals surface area contributed by atoms with Crippen molar-refractivity contribution < 1.29 is 9.59 Å². The van der Waals surface area contributed by atoms with Crippen molar-refractivity contribution in [3.63, 3.8) is 0 Å². The molecule has 0 bridgehead atoms. The van der Waals surface area contributed by atoms with Crippen LogP contribution in [-0.2, 0) is 9.59 Å². The molecule has 0 aromatic heterocycles. The third-order valence-corrected chi connectivity index (χ3v) is 3.18. The Hall–Kier alpha value is -1.06. The van der Waals surface area contributed by atoms with Gasteiger partial charge in [0, 0.05) is 6.04 Å². The molecule has 1 aliphatic carbocycles. The Bertz CT molecular complexity index is 298. The number of carbonyl (C=O) groups excluding carboxylic acids is 2. The minimum absolute atomic E-state index is 0.0419. The Labute approximate surface area is 83.6 Å². The van der Waals surface area contributed by atoms with Gasteiger partial charge in [-0.05, 0) is 18.8 Å². The van der Waals surface area contributed by atoms with Crippen molar-refractivity contribution in [3.05, 3.63) is 0 Å². The molecule has 1 saturated heterocycles. The lowest BCUT2D eigenvalue weighted by Gasteiger charge is -2.32. The number of nitrogens with one attached hydrogen (secondary N) is 1. The van der Waals surface area contributed by atoms with Gasteiger partial charge in [0.25, 0.3) is 0 Å². The summed E-state index contributed by atoms with van der Waals surface area (Å²) in [7, 11) is 0. The summed E-state index contributed by atoms with van der Waals surface area (Å²) in [4.78, 5) is 24.7. The van der Waals surface area contributed by atoms with Gasteiger partial charge in [-0.2, -0.15) is 0 Å². The van der Waals surface area contributed by atoms with Crippen LogP contribution in [0.1, 0.15) is 27.2 Å². The first-order valence-electron chi connectivity index (χ1n) is 5.02. The smallest absolute Gasteiger partial charge is 0.245 e. The topological polar surface area (TPSA) is 49.4 Å². The SMILES string of the molecule is CC1NC(=O)CN(C2CC2(C)C)C1=O. The molecule has 14 heavy (non-hydrogen) atoms. The van der Waals surface area contributed by atoms with Gasteiger partial charge in [0.2, 0.25) is 11.8 Å². The monoisotopic (exact) mass is 196 g/mol. The molecule has 2 aliphatic rings. The summed E-state index contributed by atoms with van der Waals surface area (Å²) in [6.45, 7) is 6.23. The van der Waals surface area contributed by atoms with E-state index in [0.717, 1.165) is 6.42 Å². The molecule has 1 N–H and O–H groups in total. The number of nitrogens with zero attached hydrogens (tertiary/aromatic N) is 1. The van der Waals surface area contributed by atoms with Gasteiger partial charge >= 0.3 is 0 Å². The van der Waals surface area contributed by atoms with Crippen LogP contribution < -0.4 is 5.32 Å². The molecule has 4 heteroatoms. The molecule has 2 amide bonds. The van der Waals surface area contributed by atoms with E-state index in [0.29, 0.717) is 0 Å². The fourth-order valence-corrected chi connectivity index (χ4v) is 2.07. The summed E-state index contributed by atoms with van der Waals surface area (Å²) < 4.78 is 0. The Kier molecular flexibility index (Phi) is 1.84. The van der Waals surface area contributed by atoms with Gasteiger partial charge in [0.05, 0.1) is 6.54 Å². The van der Waals surface area contributed by atoms with Crippen LogP contribution in [0.25, 0.3) is 0 Å². The van der Waals surface area contributed by atoms with Crippen LogP contribution in [-0.4, -0.2) is 35.3 Å². The van der Waals surface area contributed by atoms with Gasteiger partial charge in [-0.3, -0.25) is 9.59 Å². The van der Waals surface area contributed by atoms with Crippen molar-refractivity contribution in [1.29, 1.82) is 0 Å². The predicted molar refractivity (Wildman–Crippen MR) is 51.5 cm³/mol. The average Bonchev–Trinajstić information content (AvgIpc) is 2.67. The van der Waals surface area contributed by atoms with E-state index in [1.165, 1.54) is 0 Å². The van der Waals surface area contributed by atoms with Crippen LogP contribution in [0.2, 0.25) is 0 Å². The number of piperazine rings is 1. The molecular formula is C10H16N2O2. The minimum atomic E-state index is -0.354. The first-order chi connectivity index (χ1) is 6.42. The van der Waals surface area contributed by atoms with Crippen LogP contribution in [0.3, 0.4) is 0 Å². The molecule has 1 heterocycles. The first kappa shape index (κ1) is 9.49. The van der Waals surface area contributed by atoms with E-state index in [1.807, 2.05) is 0 Å². The fraction of sp³-hybridized carbons (Fsp3) is 0.800. The van der Waals surface area contributed by atoms with E-state index in [1.54, 1.807) is 11.8 Å². The van der Waals surface area contributed by atoms with E-state index < -0.39 is 0 Å². The highest BCUT2D eigenvalue weighted by Crippen LogP contribution is 2.48. The third kappa shape index (κ3) is 1.38. The maximum atomic E-state index is 11.8. The largest absolute Gasteiger partial charge is 0.343 e. The van der Waals surface area contributed by atoms with Crippen molar-refractivity contribution in [1.82, 2.24) is 10.2 Å². The number of hydrogen-bond acceptors (Lipinski definition) is 2. The molecule has 0 spiro atoms. The molecule has 1 saturated carbocycles. The Morgan fingerprint density at radius 2 is 2.00 bits per heavy atom. The number of rotatable bonds is 1. The highest BCUT2D eigenvalue weighted by Gasteiger charge is 2.52. The quantitative estimate of drug-likeness (QED) is 0.648. The second-order valence-electron chi connectivity index (χ2n) is 4.96. The molecule has 1 aliphatic heterocycles. The second-order valence-corrected chi connectivity index (χ2v) is 4.96. The van der Waals surface area contributed by atoms with Gasteiger partial charge in [0.1, 0.15) is 6.04 Å². The normalized spacial score (nSPS) is 35.5. The summed E-state index contributed by atoms with van der Waals surface area (Å²) in [6, 6.07) is -0.0869. The molecule has 2 rings (SSSR count). The lowest BCUT2D eigenvalue weighted by Crippen LogP contribution is -2.57. The third-order valence-electron chi connectivity index (χ3n) is 3.18. The molecule has 78 valence electrons. The fourth-order valence-electron chi connectivity index (χ4n) is 2.07. The molecule has 2 unspecified atom stereocenters. The zero-order chi connectivity index (χ0) is 10.5. The van der Waals surface area contributed by atoms with Gasteiger partial charge in [-0.25, -0.2) is 0 Å². The van der Waals surface area contributed by atoms with Crippen LogP contribution in [0.4, 0.5) is 0 Å². The van der Waals surface area contributed by atoms with Crippen molar-refractivity contribution in [2.24, 2.45) is 5.41 Å². The molecule has 0 radical (unpaired) electrons. The van der Waals surface area contributed by atoms with E-state index in [2.05, 4.69) is 19.2 Å². The van der Waals surface area contributed by atoms with E-state index in [-0.39, 0.29) is 35.9 Å². The minimum Gasteiger partial charge on any atom is -0.343 e. The lowest BCUT2D eigenvalue weighted by atomic mass is 10.1. The Morgan fingerprint density at radius 1 is 1.43 bits per heavy atom. The van der Waals surface area contributed by atoms with Crippen molar-refractivity contribution >= 4 is 11.8 Å². The second kappa shape index (κ2) is 2.72. The van der Waals surface area contributed by atoms with Crippen molar-refractivity contribution in [2.75, 3.05) is 6.54 Å². The van der Waals surface area contributed by atoms with Crippen LogP contribution >= 0.6 is 0 Å². The first-order valence-corrected chi connectivity index (χ1v) is 5.02. The maximum absolute atomic E-state index is 11.8. The van der Waals surface area contributed by atoms with Crippen LogP contribution in [0, 0.1) is 5.41 Å². The standard InChI is InChI=1S/C10H16N2O2/c1-6-9(14)12(5-8(13)11-6)7-4-10(7,2)3/h6-7H,4-5H2,1-3H3,(H,11,13). The van der Waals surface area contributed by atoms with E-state index in [9.17, 15) is 9.59 Å². The molecular weight excluding hydrogens is 180 g/mol. The van der Waals surface area contributed by atoms with E-state index in [4.69, 9.17) is 0 Å². The number of hydrogen-bond donors (Lipinski definition) is 1. The summed E-state index contributed by atoms with van der Waals surface area (Å²) in [6.07, 6.45) is 1.01. The van der Waals surface area contributed by atoms with Crippen LogP contribution in [0.15, 0.2) is 0 Å². The highest BCUT2D eigenvalue weighted by atomic mass is 16.2. The average molecular weight is 196 g/mol. The summed E-state index contributed by atoms with van der Waals surface area (Å²) in [5.41, 5.74) is 0.201. The number of carbonyl (C=O) groups is 2. The summed E-state index contributed by atoms with van der Waals surface area (Å²) in [5, 5.41) is 2.64. The van der Waals surface area contributed by atoms with Crippen molar-refractivity contribution in [2.45, 2.75) is 39.3 Å². The maximum Gasteiger partial charge on any atom is 0.245 e. The summed E-state index contributed by atoms with van der Waals surface area (Å²) in [5.74, 6) is 0.0139. The highest BCUT2D eigenvalue weighted by molar-refractivity contribution is 5.95. The van der Waals surface area contributed by atoms with Gasteiger partial charge in [-0.1, -0.05) is 13.8 Å². The Morgan fingerprint density at radius 3 is 2.50 bits per heavy atom. The predicted octanol–water partition coefficient (Wildman–Crippen LogP) is 0.132. The van der Waals surface area contributed by atoms with Crippen molar-refractivity contribution in [3.8, 4) is 0 Å². The zero-order valence-corrected chi connectivity index (χ0v) is 8.83. The Balaban J connectivity index is 2.11. The van der Waals surface area contributed by atoms with Crippen LogP contribution in [0.5, 0.6) is 0 Å². The number of amides is 2. The van der Waals surface area contributed by atoms with Gasteiger partial charge in [0.15, 0.2) is 0 Å². The summed E-state index contributed by atoms with van der Waals surface area (Å²) >= 11 is 0. The molecule has 2 atom stereocenters. The molecule has 2 fully saturated rings. The zero-order valence-electron chi connectivity index (χ0n) is 8.83. The van der Waals surface area contributed by atoms with Gasteiger partial charge < -0.3 is 10.2 Å². The molecule has 0 aromatic carbocycles. The lowest BCUT2D eigenvalue weighted by molar-refractivity contribution is -0.144. The molecule has 4 nitrogen and oxygen atoms in total. The molecule has 0 aromatic rings. The van der Waals surface area contributed by atoms with Gasteiger partial charge in [-0.15, -0.1) is 0 Å². The van der Waals surface area contributed by atoms with E-state index >= 15 is 0 Å².